The molecule has 0 spiro atoms. The highest BCUT2D eigenvalue weighted by Crippen LogP contribution is 2.22. The summed E-state index contributed by atoms with van der Waals surface area (Å²) in [4.78, 5) is 39.7. The van der Waals surface area contributed by atoms with Crippen LogP contribution in [0.2, 0.25) is 0 Å². The van der Waals surface area contributed by atoms with Crippen molar-refractivity contribution in [3.8, 4) is 0 Å². The number of aromatic amines is 2. The minimum atomic E-state index is -0.399. The number of carbonyl (C=O) groups is 1. The van der Waals surface area contributed by atoms with Gasteiger partial charge in [-0.25, -0.2) is 14.4 Å². The highest BCUT2D eigenvalue weighted by molar-refractivity contribution is 5.78. The summed E-state index contributed by atoms with van der Waals surface area (Å²) in [7, 11) is 0. The Morgan fingerprint density at radius 2 is 2.14 bits per heavy atom. The van der Waals surface area contributed by atoms with Gasteiger partial charge in [-0.3, -0.25) is 14.2 Å². The molecule has 0 saturated heterocycles. The molecule has 11 heteroatoms. The maximum Gasteiger partial charge on any atom is 0.293 e. The molecular formula is C24H25FN8O2. The van der Waals surface area contributed by atoms with Crippen LogP contribution in [0.15, 0.2) is 47.8 Å². The molecule has 35 heavy (non-hydrogen) atoms. The lowest BCUT2D eigenvalue weighted by molar-refractivity contribution is -0.121. The molecule has 0 radical (unpaired) electrons. The van der Waals surface area contributed by atoms with E-state index in [4.69, 9.17) is 0 Å². The molecule has 10 nitrogen and oxygen atoms in total. The molecule has 4 aromatic heterocycles. The highest BCUT2D eigenvalue weighted by atomic mass is 19.1. The van der Waals surface area contributed by atoms with Crippen molar-refractivity contribution in [1.29, 1.82) is 0 Å². The second-order valence-corrected chi connectivity index (χ2v) is 8.43. The molecule has 0 saturated carbocycles. The number of anilines is 2. The first-order valence-electron chi connectivity index (χ1n) is 11.3. The lowest BCUT2D eigenvalue weighted by atomic mass is 10.1. The summed E-state index contributed by atoms with van der Waals surface area (Å²) in [6.07, 6.45) is 11.1. The zero-order valence-electron chi connectivity index (χ0n) is 19.1. The molecule has 1 unspecified atom stereocenters. The molecule has 0 bridgehead atoms. The van der Waals surface area contributed by atoms with Crippen molar-refractivity contribution in [2.24, 2.45) is 0 Å². The minimum absolute atomic E-state index is 0.126. The number of fused-ring (bicyclic) bond motifs is 2. The van der Waals surface area contributed by atoms with E-state index >= 15 is 0 Å². The molecule has 1 aliphatic rings. The molecule has 5 N–H and O–H groups in total. The number of hydrogen-bond acceptors (Lipinski definition) is 6. The topological polar surface area (TPSA) is 133 Å². The van der Waals surface area contributed by atoms with Gasteiger partial charge in [0, 0.05) is 55.2 Å². The standard InChI is InChI=1S/C24H25FN8O2/c1-14-9-29-23(27-7-5-17-3-2-16-4-6-26-21(16)32-17)24(35)33(14)13-20(34)28-10-15-8-18-19(25)12-31-22(18)30-11-15/h2-4,6,8-9,11-12,17,26,32H,5,7,10,13H2,1H3,(H,27,29)(H,28,34)(H,30,31). The Morgan fingerprint density at radius 1 is 1.26 bits per heavy atom. The van der Waals surface area contributed by atoms with E-state index < -0.39 is 5.82 Å². The van der Waals surface area contributed by atoms with Crippen LogP contribution in [0.5, 0.6) is 0 Å². The smallest absolute Gasteiger partial charge is 0.293 e. The molecule has 0 aliphatic carbocycles. The number of aromatic nitrogens is 5. The summed E-state index contributed by atoms with van der Waals surface area (Å²) in [5.41, 5.74) is 2.42. The van der Waals surface area contributed by atoms with E-state index in [9.17, 15) is 14.0 Å². The lowest BCUT2D eigenvalue weighted by Crippen LogP contribution is -2.35. The summed E-state index contributed by atoms with van der Waals surface area (Å²) < 4.78 is 15.1. The van der Waals surface area contributed by atoms with Crippen molar-refractivity contribution in [3.05, 3.63) is 76.0 Å². The third kappa shape index (κ3) is 4.79. The predicted octanol–water partition coefficient (Wildman–Crippen LogP) is 2.52. The minimum Gasteiger partial charge on any atom is -0.365 e. The highest BCUT2D eigenvalue weighted by Gasteiger charge is 2.15. The summed E-state index contributed by atoms with van der Waals surface area (Å²) in [6.45, 7) is 2.27. The van der Waals surface area contributed by atoms with Crippen molar-refractivity contribution in [3.63, 3.8) is 0 Å². The molecule has 1 atom stereocenters. The Balaban J connectivity index is 1.17. The van der Waals surface area contributed by atoms with E-state index in [1.807, 2.05) is 12.3 Å². The third-order valence-electron chi connectivity index (χ3n) is 5.95. The lowest BCUT2D eigenvalue weighted by Gasteiger charge is -2.20. The normalized spacial score (nSPS) is 14.5. The van der Waals surface area contributed by atoms with Gasteiger partial charge >= 0.3 is 0 Å². The Bertz CT molecular complexity index is 1470. The van der Waals surface area contributed by atoms with Gasteiger partial charge < -0.3 is 25.9 Å². The first kappa shape index (κ1) is 22.4. The van der Waals surface area contributed by atoms with E-state index in [0.717, 1.165) is 17.8 Å². The molecule has 5 rings (SSSR count). The van der Waals surface area contributed by atoms with Crippen LogP contribution in [-0.4, -0.2) is 43.0 Å². The first-order valence-corrected chi connectivity index (χ1v) is 11.3. The maximum atomic E-state index is 13.8. The van der Waals surface area contributed by atoms with E-state index in [1.165, 1.54) is 10.8 Å². The number of hydrogen-bond donors (Lipinski definition) is 5. The van der Waals surface area contributed by atoms with Crippen molar-refractivity contribution < 1.29 is 9.18 Å². The molecule has 1 aliphatic heterocycles. The molecule has 1 amide bonds. The van der Waals surface area contributed by atoms with E-state index in [1.54, 1.807) is 25.4 Å². The number of halogens is 1. The number of nitrogens with zero attached hydrogens (tertiary/aromatic N) is 3. The van der Waals surface area contributed by atoms with Crippen LogP contribution in [0.4, 0.5) is 16.0 Å². The quantitative estimate of drug-likeness (QED) is 0.266. The number of nitrogens with one attached hydrogen (secondary N) is 5. The van der Waals surface area contributed by atoms with Crippen LogP contribution >= 0.6 is 0 Å². The summed E-state index contributed by atoms with van der Waals surface area (Å²) >= 11 is 0. The van der Waals surface area contributed by atoms with Gasteiger partial charge in [0.25, 0.3) is 5.56 Å². The van der Waals surface area contributed by atoms with Crippen molar-refractivity contribution in [2.45, 2.75) is 32.5 Å². The van der Waals surface area contributed by atoms with Gasteiger partial charge in [-0.05, 0) is 31.0 Å². The zero-order valence-corrected chi connectivity index (χ0v) is 19.1. The second-order valence-electron chi connectivity index (χ2n) is 8.43. The van der Waals surface area contributed by atoms with Crippen LogP contribution in [-0.2, 0) is 17.9 Å². The van der Waals surface area contributed by atoms with Gasteiger partial charge in [-0.1, -0.05) is 12.2 Å². The van der Waals surface area contributed by atoms with Crippen LogP contribution < -0.4 is 21.5 Å². The predicted molar refractivity (Wildman–Crippen MR) is 131 cm³/mol. The Kier molecular flexibility index (Phi) is 6.04. The number of rotatable bonds is 8. The monoisotopic (exact) mass is 476 g/mol. The number of H-pyrrole nitrogens is 2. The summed E-state index contributed by atoms with van der Waals surface area (Å²) in [5, 5.41) is 9.61. The van der Waals surface area contributed by atoms with Crippen LogP contribution in [0, 0.1) is 12.7 Å². The fraction of sp³-hybridized carbons (Fsp3) is 0.250. The zero-order chi connectivity index (χ0) is 24.4. The van der Waals surface area contributed by atoms with Gasteiger partial charge in [-0.2, -0.15) is 0 Å². The molecule has 4 aromatic rings. The van der Waals surface area contributed by atoms with Gasteiger partial charge in [0.05, 0.1) is 5.39 Å². The second kappa shape index (κ2) is 9.45. The van der Waals surface area contributed by atoms with E-state index in [-0.39, 0.29) is 36.4 Å². The third-order valence-corrected chi connectivity index (χ3v) is 5.95. The molecule has 0 aromatic carbocycles. The fourth-order valence-electron chi connectivity index (χ4n) is 4.01. The molecule has 5 heterocycles. The van der Waals surface area contributed by atoms with Crippen molar-refractivity contribution >= 4 is 34.7 Å². The van der Waals surface area contributed by atoms with Crippen molar-refractivity contribution in [2.75, 3.05) is 17.2 Å². The Labute approximate surface area is 199 Å². The largest absolute Gasteiger partial charge is 0.365 e. The molecule has 180 valence electrons. The average Bonchev–Trinajstić information content (AvgIpc) is 3.48. The number of pyridine rings is 1. The van der Waals surface area contributed by atoms with Crippen LogP contribution in [0.1, 0.15) is 23.2 Å². The van der Waals surface area contributed by atoms with E-state index in [0.29, 0.717) is 28.8 Å². The van der Waals surface area contributed by atoms with Crippen LogP contribution in [0.25, 0.3) is 17.1 Å². The Morgan fingerprint density at radius 3 is 3.03 bits per heavy atom. The van der Waals surface area contributed by atoms with Crippen molar-refractivity contribution in [1.82, 2.24) is 29.8 Å². The summed E-state index contributed by atoms with van der Waals surface area (Å²) in [5.74, 6) is 0.430. The van der Waals surface area contributed by atoms with Gasteiger partial charge in [0.1, 0.15) is 23.8 Å². The summed E-state index contributed by atoms with van der Waals surface area (Å²) in [6, 6.07) is 3.76. The first-order chi connectivity index (χ1) is 17.0. The van der Waals surface area contributed by atoms with Gasteiger partial charge in [-0.15, -0.1) is 0 Å². The van der Waals surface area contributed by atoms with Crippen LogP contribution in [0.3, 0.4) is 0 Å². The number of carbonyl (C=O) groups excluding carboxylic acids is 1. The van der Waals surface area contributed by atoms with Gasteiger partial charge in [0.15, 0.2) is 5.82 Å². The maximum absolute atomic E-state index is 13.8. The molecule has 0 fully saturated rings. The Hall–Kier alpha value is -4.41. The number of aryl methyl sites for hydroxylation is 1. The average molecular weight is 477 g/mol. The molecular weight excluding hydrogens is 451 g/mol. The SMILES string of the molecule is Cc1cnc(NCCC2C=Cc3cc[nH]c3N2)c(=O)n1CC(=O)NCc1cnc2[nH]cc(F)c2c1. The fourth-order valence-corrected chi connectivity index (χ4v) is 4.01. The van der Waals surface area contributed by atoms with E-state index in [2.05, 4.69) is 48.0 Å². The van der Waals surface area contributed by atoms with Gasteiger partial charge in [0.2, 0.25) is 5.91 Å². The number of amides is 1.